The molecule has 0 amide bonds. The molecule has 104 valence electrons. The Balaban J connectivity index is 1.59. The molecule has 1 N–H and O–H groups in total. The fourth-order valence-corrected chi connectivity index (χ4v) is 3.32. The normalized spacial score (nSPS) is 20.4. The van der Waals surface area contributed by atoms with Gasteiger partial charge in [-0.2, -0.15) is 0 Å². The molecule has 1 saturated carbocycles. The maximum Gasteiger partial charge on any atom is 0.0461 e. The molecule has 1 fully saturated rings. The number of halogens is 1. The molecule has 3 heteroatoms. The van der Waals surface area contributed by atoms with E-state index in [2.05, 4.69) is 34.3 Å². The van der Waals surface area contributed by atoms with Gasteiger partial charge >= 0.3 is 0 Å². The van der Waals surface area contributed by atoms with E-state index in [4.69, 9.17) is 11.6 Å². The van der Waals surface area contributed by atoms with Gasteiger partial charge in [0, 0.05) is 47.3 Å². The van der Waals surface area contributed by atoms with E-state index in [1.165, 1.54) is 48.0 Å². The fraction of sp³-hybridized carbons (Fsp3) is 0.412. The third kappa shape index (κ3) is 2.38. The third-order valence-electron chi connectivity index (χ3n) is 4.50. The quantitative estimate of drug-likeness (QED) is 0.890. The average molecular weight is 287 g/mol. The SMILES string of the molecule is Clc1ccc2[nH]cc(C3=CCN(CC4CC4)CC3)c2c1. The Bertz CT molecular complexity index is 667. The first kappa shape index (κ1) is 12.5. The van der Waals surface area contributed by atoms with Crippen LogP contribution in [0.1, 0.15) is 24.8 Å². The molecule has 2 nitrogen and oxygen atoms in total. The summed E-state index contributed by atoms with van der Waals surface area (Å²) in [4.78, 5) is 5.94. The lowest BCUT2D eigenvalue weighted by atomic mass is 9.99. The number of benzene rings is 1. The van der Waals surface area contributed by atoms with Crippen LogP contribution in [0.4, 0.5) is 0 Å². The van der Waals surface area contributed by atoms with Gasteiger partial charge in [-0.3, -0.25) is 4.90 Å². The van der Waals surface area contributed by atoms with Gasteiger partial charge in [-0.25, -0.2) is 0 Å². The van der Waals surface area contributed by atoms with E-state index >= 15 is 0 Å². The Morgan fingerprint density at radius 2 is 2.20 bits per heavy atom. The van der Waals surface area contributed by atoms with Gasteiger partial charge < -0.3 is 4.98 Å². The summed E-state index contributed by atoms with van der Waals surface area (Å²) in [6.07, 6.45) is 8.55. The van der Waals surface area contributed by atoms with Crippen LogP contribution in [0.15, 0.2) is 30.5 Å². The molecule has 20 heavy (non-hydrogen) atoms. The van der Waals surface area contributed by atoms with Gasteiger partial charge in [0.1, 0.15) is 0 Å². The largest absolute Gasteiger partial charge is 0.361 e. The summed E-state index contributed by atoms with van der Waals surface area (Å²) >= 11 is 6.13. The minimum atomic E-state index is 0.810. The van der Waals surface area contributed by atoms with E-state index in [0.29, 0.717) is 0 Å². The van der Waals surface area contributed by atoms with E-state index in [1.807, 2.05) is 6.07 Å². The molecule has 0 atom stereocenters. The van der Waals surface area contributed by atoms with Crippen LogP contribution in [0.5, 0.6) is 0 Å². The van der Waals surface area contributed by atoms with Crippen molar-refractivity contribution in [2.24, 2.45) is 5.92 Å². The molecule has 0 radical (unpaired) electrons. The number of nitrogens with zero attached hydrogens (tertiary/aromatic N) is 1. The van der Waals surface area contributed by atoms with E-state index in [1.54, 1.807) is 0 Å². The minimum absolute atomic E-state index is 0.810. The first-order valence-electron chi connectivity index (χ1n) is 7.48. The lowest BCUT2D eigenvalue weighted by molar-refractivity contribution is 0.290. The molecule has 0 spiro atoms. The monoisotopic (exact) mass is 286 g/mol. The van der Waals surface area contributed by atoms with E-state index in [0.717, 1.165) is 23.9 Å². The van der Waals surface area contributed by atoms with Gasteiger partial charge in [0.05, 0.1) is 0 Å². The van der Waals surface area contributed by atoms with Crippen LogP contribution in [0.3, 0.4) is 0 Å². The van der Waals surface area contributed by atoms with Gasteiger partial charge in [-0.05, 0) is 49.0 Å². The molecule has 2 heterocycles. The molecule has 1 aromatic heterocycles. The van der Waals surface area contributed by atoms with Gasteiger partial charge in [0.15, 0.2) is 0 Å². The van der Waals surface area contributed by atoms with Crippen LogP contribution in [-0.4, -0.2) is 29.5 Å². The van der Waals surface area contributed by atoms with E-state index < -0.39 is 0 Å². The second-order valence-corrected chi connectivity index (χ2v) is 6.51. The molecule has 1 aromatic carbocycles. The smallest absolute Gasteiger partial charge is 0.0461 e. The number of hydrogen-bond acceptors (Lipinski definition) is 1. The van der Waals surface area contributed by atoms with Gasteiger partial charge in [0.2, 0.25) is 0 Å². The van der Waals surface area contributed by atoms with Crippen molar-refractivity contribution < 1.29 is 0 Å². The van der Waals surface area contributed by atoms with Crippen molar-refractivity contribution in [2.45, 2.75) is 19.3 Å². The van der Waals surface area contributed by atoms with Crippen LogP contribution in [0.2, 0.25) is 5.02 Å². The zero-order valence-electron chi connectivity index (χ0n) is 11.5. The van der Waals surface area contributed by atoms with Gasteiger partial charge in [0.25, 0.3) is 0 Å². The maximum absolute atomic E-state index is 6.13. The summed E-state index contributed by atoms with van der Waals surface area (Å²) in [7, 11) is 0. The van der Waals surface area contributed by atoms with Crippen LogP contribution >= 0.6 is 11.6 Å². The number of aromatic nitrogens is 1. The Labute approximate surface area is 124 Å². The van der Waals surface area contributed by atoms with Crippen LogP contribution in [0.25, 0.3) is 16.5 Å². The highest BCUT2D eigenvalue weighted by molar-refractivity contribution is 6.31. The molecule has 1 aliphatic carbocycles. The molecular formula is C17H19ClN2. The molecular weight excluding hydrogens is 268 g/mol. The summed E-state index contributed by atoms with van der Waals surface area (Å²) < 4.78 is 0. The number of fused-ring (bicyclic) bond motifs is 1. The van der Waals surface area contributed by atoms with Crippen molar-refractivity contribution in [1.82, 2.24) is 9.88 Å². The van der Waals surface area contributed by atoms with E-state index in [9.17, 15) is 0 Å². The average Bonchev–Trinajstić information content (AvgIpc) is 3.17. The Morgan fingerprint density at radius 3 is 2.95 bits per heavy atom. The molecule has 0 bridgehead atoms. The van der Waals surface area contributed by atoms with Crippen LogP contribution in [-0.2, 0) is 0 Å². The van der Waals surface area contributed by atoms with Crippen LogP contribution in [0, 0.1) is 5.92 Å². The Hall–Kier alpha value is -1.25. The molecule has 1 aliphatic heterocycles. The summed E-state index contributed by atoms with van der Waals surface area (Å²) in [5.41, 5.74) is 3.96. The topological polar surface area (TPSA) is 19.0 Å². The van der Waals surface area contributed by atoms with Crippen molar-refractivity contribution in [3.05, 3.63) is 41.1 Å². The zero-order valence-corrected chi connectivity index (χ0v) is 12.3. The Kier molecular flexibility index (Phi) is 3.08. The van der Waals surface area contributed by atoms with Crippen molar-refractivity contribution in [3.63, 3.8) is 0 Å². The van der Waals surface area contributed by atoms with Gasteiger partial charge in [-0.15, -0.1) is 0 Å². The minimum Gasteiger partial charge on any atom is -0.361 e. The standard InChI is InChI=1S/C17H19ClN2/c18-14-3-4-17-15(9-14)16(10-19-17)13-5-7-20(8-6-13)11-12-1-2-12/h3-5,9-10,12,19H,1-2,6-8,11H2. The van der Waals surface area contributed by atoms with Crippen molar-refractivity contribution in [3.8, 4) is 0 Å². The van der Waals surface area contributed by atoms with Crippen LogP contribution < -0.4 is 0 Å². The highest BCUT2D eigenvalue weighted by atomic mass is 35.5. The highest BCUT2D eigenvalue weighted by Gasteiger charge is 2.25. The molecule has 0 saturated heterocycles. The summed E-state index contributed by atoms with van der Waals surface area (Å²) in [5.74, 6) is 0.983. The number of nitrogens with one attached hydrogen (secondary N) is 1. The van der Waals surface area contributed by atoms with Crippen molar-refractivity contribution in [1.29, 1.82) is 0 Å². The summed E-state index contributed by atoms with van der Waals surface area (Å²) in [6, 6.07) is 6.07. The lowest BCUT2D eigenvalue weighted by Crippen LogP contribution is -2.30. The number of rotatable bonds is 3. The zero-order chi connectivity index (χ0) is 13.5. The van der Waals surface area contributed by atoms with E-state index in [-0.39, 0.29) is 0 Å². The first-order chi connectivity index (χ1) is 9.79. The van der Waals surface area contributed by atoms with Gasteiger partial charge in [-0.1, -0.05) is 17.7 Å². The number of hydrogen-bond donors (Lipinski definition) is 1. The summed E-state index contributed by atoms with van der Waals surface area (Å²) in [6.45, 7) is 3.58. The molecule has 2 aliphatic rings. The number of H-pyrrole nitrogens is 1. The molecule has 2 aromatic rings. The fourth-order valence-electron chi connectivity index (χ4n) is 3.15. The van der Waals surface area contributed by atoms with Crippen molar-refractivity contribution >= 4 is 28.1 Å². The maximum atomic E-state index is 6.13. The second kappa shape index (κ2) is 4.94. The number of aromatic amines is 1. The predicted octanol–water partition coefficient (Wildman–Crippen LogP) is 4.32. The second-order valence-electron chi connectivity index (χ2n) is 6.07. The highest BCUT2D eigenvalue weighted by Crippen LogP contribution is 2.33. The Morgan fingerprint density at radius 1 is 1.30 bits per heavy atom. The van der Waals surface area contributed by atoms with Crippen molar-refractivity contribution in [2.75, 3.05) is 19.6 Å². The first-order valence-corrected chi connectivity index (χ1v) is 7.86. The summed E-state index contributed by atoms with van der Waals surface area (Å²) in [5, 5.41) is 2.06. The molecule has 0 unspecified atom stereocenters. The third-order valence-corrected chi connectivity index (χ3v) is 4.73. The molecule has 4 rings (SSSR count). The predicted molar refractivity (Wildman–Crippen MR) is 85.1 cm³/mol. The lowest BCUT2D eigenvalue weighted by Gasteiger charge is -2.26.